The van der Waals surface area contributed by atoms with Gasteiger partial charge in [0.1, 0.15) is 0 Å². The van der Waals surface area contributed by atoms with E-state index in [2.05, 4.69) is 11.4 Å². The molecule has 0 saturated carbocycles. The van der Waals surface area contributed by atoms with Crippen LogP contribution in [0.4, 0.5) is 0 Å². The number of benzene rings is 1. The summed E-state index contributed by atoms with van der Waals surface area (Å²) in [6, 6.07) is 6.03. The molecule has 0 spiro atoms. The van der Waals surface area contributed by atoms with Crippen LogP contribution in [0, 0.1) is 0 Å². The first kappa shape index (κ1) is 11.2. The zero-order chi connectivity index (χ0) is 11.2. The summed E-state index contributed by atoms with van der Waals surface area (Å²) in [6.07, 6.45) is 1.77. The standard InChI is InChI=1S/C12H17NO3/c14-7-1-5-13-6-4-10-2-3-11-12(8-10)16-9-15-11/h2-3,8,13-14H,1,4-7,9H2. The third-order valence-electron chi connectivity index (χ3n) is 2.54. The lowest BCUT2D eigenvalue weighted by Crippen LogP contribution is -2.19. The van der Waals surface area contributed by atoms with Crippen molar-refractivity contribution in [2.24, 2.45) is 0 Å². The SMILES string of the molecule is OCCCNCCc1ccc2c(c1)OCO2. The van der Waals surface area contributed by atoms with Crippen molar-refractivity contribution in [1.29, 1.82) is 0 Å². The van der Waals surface area contributed by atoms with Crippen LogP contribution in [0.1, 0.15) is 12.0 Å². The second-order valence-corrected chi connectivity index (χ2v) is 3.76. The molecule has 0 amide bonds. The van der Waals surface area contributed by atoms with Crippen molar-refractivity contribution in [3.8, 4) is 11.5 Å². The van der Waals surface area contributed by atoms with Crippen LogP contribution in [0.2, 0.25) is 0 Å². The molecule has 0 radical (unpaired) electrons. The highest BCUT2D eigenvalue weighted by atomic mass is 16.7. The number of nitrogens with one attached hydrogen (secondary N) is 1. The van der Waals surface area contributed by atoms with E-state index in [4.69, 9.17) is 14.6 Å². The van der Waals surface area contributed by atoms with Gasteiger partial charge in [-0.05, 0) is 43.6 Å². The zero-order valence-corrected chi connectivity index (χ0v) is 9.24. The molecule has 1 aliphatic heterocycles. The Hall–Kier alpha value is -1.26. The summed E-state index contributed by atoms with van der Waals surface area (Å²) < 4.78 is 10.6. The van der Waals surface area contributed by atoms with Gasteiger partial charge in [-0.15, -0.1) is 0 Å². The van der Waals surface area contributed by atoms with E-state index in [0.29, 0.717) is 6.79 Å². The molecule has 88 valence electrons. The predicted octanol–water partition coefficient (Wildman–Crippen LogP) is 0.930. The molecule has 1 aromatic carbocycles. The molecule has 1 heterocycles. The lowest BCUT2D eigenvalue weighted by molar-refractivity contribution is 0.174. The maximum atomic E-state index is 8.62. The van der Waals surface area contributed by atoms with Gasteiger partial charge in [0.05, 0.1) is 0 Å². The van der Waals surface area contributed by atoms with Crippen LogP contribution >= 0.6 is 0 Å². The van der Waals surface area contributed by atoms with Gasteiger partial charge in [0, 0.05) is 6.61 Å². The van der Waals surface area contributed by atoms with E-state index in [1.165, 1.54) is 5.56 Å². The van der Waals surface area contributed by atoms with Crippen molar-refractivity contribution in [3.05, 3.63) is 23.8 Å². The topological polar surface area (TPSA) is 50.7 Å². The fourth-order valence-corrected chi connectivity index (χ4v) is 1.66. The van der Waals surface area contributed by atoms with E-state index >= 15 is 0 Å². The number of ether oxygens (including phenoxy) is 2. The highest BCUT2D eigenvalue weighted by molar-refractivity contribution is 5.44. The molecule has 4 nitrogen and oxygen atoms in total. The van der Waals surface area contributed by atoms with E-state index in [1.54, 1.807) is 0 Å². The number of rotatable bonds is 6. The molecule has 0 unspecified atom stereocenters. The monoisotopic (exact) mass is 223 g/mol. The number of hydrogen-bond donors (Lipinski definition) is 2. The quantitative estimate of drug-likeness (QED) is 0.704. The van der Waals surface area contributed by atoms with Crippen LogP contribution in [0.3, 0.4) is 0 Å². The van der Waals surface area contributed by atoms with E-state index in [-0.39, 0.29) is 6.61 Å². The second-order valence-electron chi connectivity index (χ2n) is 3.76. The minimum absolute atomic E-state index is 0.247. The van der Waals surface area contributed by atoms with Crippen molar-refractivity contribution in [1.82, 2.24) is 5.32 Å². The lowest BCUT2D eigenvalue weighted by Gasteiger charge is -2.04. The van der Waals surface area contributed by atoms with Crippen LogP contribution < -0.4 is 14.8 Å². The fourth-order valence-electron chi connectivity index (χ4n) is 1.66. The molecule has 0 aromatic heterocycles. The van der Waals surface area contributed by atoms with Crippen LogP contribution in [0.15, 0.2) is 18.2 Å². The first-order valence-corrected chi connectivity index (χ1v) is 5.60. The smallest absolute Gasteiger partial charge is 0.231 e. The molecule has 1 aliphatic rings. The van der Waals surface area contributed by atoms with Gasteiger partial charge in [0.25, 0.3) is 0 Å². The Kier molecular flexibility index (Phi) is 4.02. The van der Waals surface area contributed by atoms with E-state index in [9.17, 15) is 0 Å². The Balaban J connectivity index is 1.77. The van der Waals surface area contributed by atoms with Crippen molar-refractivity contribution >= 4 is 0 Å². The van der Waals surface area contributed by atoms with Gasteiger partial charge in [-0.3, -0.25) is 0 Å². The predicted molar refractivity (Wildman–Crippen MR) is 60.8 cm³/mol. The number of aliphatic hydroxyl groups excluding tert-OH is 1. The molecule has 4 heteroatoms. The van der Waals surface area contributed by atoms with Gasteiger partial charge in [-0.1, -0.05) is 6.07 Å². The minimum Gasteiger partial charge on any atom is -0.454 e. The normalized spacial score (nSPS) is 13.1. The summed E-state index contributed by atoms with van der Waals surface area (Å²) >= 11 is 0. The van der Waals surface area contributed by atoms with Gasteiger partial charge in [-0.25, -0.2) is 0 Å². The Labute approximate surface area is 95.2 Å². The summed E-state index contributed by atoms with van der Waals surface area (Å²) in [5.74, 6) is 1.67. The summed E-state index contributed by atoms with van der Waals surface area (Å²) in [5.41, 5.74) is 1.24. The Morgan fingerprint density at radius 3 is 2.94 bits per heavy atom. The highest BCUT2D eigenvalue weighted by Gasteiger charge is 2.12. The van der Waals surface area contributed by atoms with Crippen molar-refractivity contribution in [2.45, 2.75) is 12.8 Å². The molecule has 0 atom stereocenters. The van der Waals surface area contributed by atoms with Gasteiger partial charge >= 0.3 is 0 Å². The second kappa shape index (κ2) is 5.72. The molecular weight excluding hydrogens is 206 g/mol. The molecule has 0 aliphatic carbocycles. The Morgan fingerprint density at radius 2 is 2.06 bits per heavy atom. The molecule has 2 N–H and O–H groups in total. The van der Waals surface area contributed by atoms with Gasteiger partial charge < -0.3 is 19.9 Å². The largest absolute Gasteiger partial charge is 0.454 e. The number of aliphatic hydroxyl groups is 1. The minimum atomic E-state index is 0.247. The summed E-state index contributed by atoms with van der Waals surface area (Å²) in [7, 11) is 0. The molecule has 16 heavy (non-hydrogen) atoms. The summed E-state index contributed by atoms with van der Waals surface area (Å²) in [5, 5.41) is 11.9. The van der Waals surface area contributed by atoms with Gasteiger partial charge in [0.15, 0.2) is 11.5 Å². The fraction of sp³-hybridized carbons (Fsp3) is 0.500. The first-order chi connectivity index (χ1) is 7.90. The zero-order valence-electron chi connectivity index (χ0n) is 9.24. The van der Waals surface area contributed by atoms with Gasteiger partial charge in [0.2, 0.25) is 6.79 Å². The number of fused-ring (bicyclic) bond motifs is 1. The number of hydrogen-bond acceptors (Lipinski definition) is 4. The average Bonchev–Trinajstić information content (AvgIpc) is 2.76. The Bertz CT molecular complexity index is 341. The third kappa shape index (κ3) is 2.87. The average molecular weight is 223 g/mol. The highest BCUT2D eigenvalue weighted by Crippen LogP contribution is 2.32. The first-order valence-electron chi connectivity index (χ1n) is 5.60. The molecule has 2 rings (SSSR count). The van der Waals surface area contributed by atoms with E-state index < -0.39 is 0 Å². The lowest BCUT2D eigenvalue weighted by atomic mass is 10.1. The van der Waals surface area contributed by atoms with Crippen molar-refractivity contribution < 1.29 is 14.6 Å². The maximum absolute atomic E-state index is 8.62. The van der Waals surface area contributed by atoms with Crippen molar-refractivity contribution in [3.63, 3.8) is 0 Å². The van der Waals surface area contributed by atoms with Crippen molar-refractivity contribution in [2.75, 3.05) is 26.5 Å². The molecule has 0 fully saturated rings. The third-order valence-corrected chi connectivity index (χ3v) is 2.54. The van der Waals surface area contributed by atoms with Crippen LogP contribution in [0.25, 0.3) is 0 Å². The van der Waals surface area contributed by atoms with E-state index in [0.717, 1.165) is 37.4 Å². The molecule has 1 aromatic rings. The molecular formula is C12H17NO3. The van der Waals surface area contributed by atoms with E-state index in [1.807, 2.05) is 12.1 Å². The maximum Gasteiger partial charge on any atom is 0.231 e. The Morgan fingerprint density at radius 1 is 1.19 bits per heavy atom. The van der Waals surface area contributed by atoms with Crippen LogP contribution in [-0.2, 0) is 6.42 Å². The summed E-state index contributed by atoms with van der Waals surface area (Å²) in [6.45, 7) is 2.35. The van der Waals surface area contributed by atoms with Crippen LogP contribution in [0.5, 0.6) is 11.5 Å². The molecule has 0 saturated heterocycles. The summed E-state index contributed by atoms with van der Waals surface area (Å²) in [4.78, 5) is 0. The molecule has 0 bridgehead atoms. The van der Waals surface area contributed by atoms with Gasteiger partial charge in [-0.2, -0.15) is 0 Å². The van der Waals surface area contributed by atoms with Crippen LogP contribution in [-0.4, -0.2) is 31.6 Å².